The number of amidine groups is 1. The Hall–Kier alpha value is -4.65. The molecule has 1 fully saturated rings. The first kappa shape index (κ1) is 31.8. The highest BCUT2D eigenvalue weighted by molar-refractivity contribution is 8.15. The topological polar surface area (TPSA) is 102 Å². The van der Waals surface area contributed by atoms with E-state index in [0.717, 1.165) is 41.6 Å². The second-order valence-electron chi connectivity index (χ2n) is 10.3. The minimum Gasteiger partial charge on any atom is -0.406 e. The number of carbonyl (C=O) groups excluding carboxylic acids is 2. The lowest BCUT2D eigenvalue weighted by molar-refractivity contribution is -0.274. The number of benzene rings is 3. The van der Waals surface area contributed by atoms with Gasteiger partial charge in [-0.05, 0) is 66.6 Å². The van der Waals surface area contributed by atoms with Crippen molar-refractivity contribution >= 4 is 34.6 Å². The number of urea groups is 1. The number of hydrogen-bond donors (Lipinski definition) is 1. The molecule has 13 heteroatoms. The van der Waals surface area contributed by atoms with E-state index >= 15 is 0 Å². The van der Waals surface area contributed by atoms with E-state index in [1.165, 1.54) is 51.9 Å². The molecule has 1 aromatic heterocycles. The average Bonchev–Trinajstić information content (AvgIpc) is 3.66. The minimum atomic E-state index is -4.75. The van der Waals surface area contributed by atoms with Gasteiger partial charge in [-0.15, -0.1) is 18.3 Å². The van der Waals surface area contributed by atoms with E-state index in [1.54, 1.807) is 0 Å². The van der Waals surface area contributed by atoms with Gasteiger partial charge in [0.05, 0.1) is 17.1 Å². The number of thioether (sulfide) groups is 1. The van der Waals surface area contributed by atoms with Crippen LogP contribution in [0.2, 0.25) is 0 Å². The number of alkyl halides is 3. The quantitative estimate of drug-likeness (QED) is 0.186. The summed E-state index contributed by atoms with van der Waals surface area (Å²) in [5.74, 6) is 0.553. The molecule has 1 atom stereocenters. The second kappa shape index (κ2) is 14.0. The molecule has 45 heavy (non-hydrogen) atoms. The van der Waals surface area contributed by atoms with Crippen molar-refractivity contribution in [3.8, 4) is 22.8 Å². The van der Waals surface area contributed by atoms with Gasteiger partial charge in [0, 0.05) is 12.1 Å². The van der Waals surface area contributed by atoms with Gasteiger partial charge in [-0.25, -0.2) is 14.5 Å². The van der Waals surface area contributed by atoms with Crippen LogP contribution in [0.15, 0.2) is 84.1 Å². The average molecular weight is 637 g/mol. The lowest BCUT2D eigenvalue weighted by atomic mass is 9.95. The summed E-state index contributed by atoms with van der Waals surface area (Å²) < 4.78 is 42.6. The first-order chi connectivity index (χ1) is 21.6. The van der Waals surface area contributed by atoms with Crippen LogP contribution in [0.25, 0.3) is 17.1 Å². The maximum absolute atomic E-state index is 12.6. The van der Waals surface area contributed by atoms with Crippen LogP contribution in [-0.4, -0.2) is 50.5 Å². The Labute approximate surface area is 262 Å². The maximum atomic E-state index is 12.6. The number of nitrogens with zero attached hydrogens (tertiary/aromatic N) is 5. The van der Waals surface area contributed by atoms with Crippen LogP contribution in [-0.2, 0) is 11.2 Å². The number of halogens is 3. The number of aryl methyl sites for hydroxylation is 1. The normalized spacial score (nSPS) is 15.0. The molecule has 0 saturated carbocycles. The molecular weight excluding hydrogens is 605 g/mol. The number of carbonyl (C=O) groups is 2. The summed E-state index contributed by atoms with van der Waals surface area (Å²) in [6.07, 6.45) is -0.918. The van der Waals surface area contributed by atoms with E-state index in [-0.39, 0.29) is 23.3 Å². The number of nitrogens with one attached hydrogen (secondary N) is 1. The smallest absolute Gasteiger partial charge is 0.406 e. The first-order valence-electron chi connectivity index (χ1n) is 14.4. The predicted molar refractivity (Wildman–Crippen MR) is 168 cm³/mol. The standard InChI is InChI=1S/C32H31F3N6O3S/c1-3-22-8-4-5-9-27(22)41-28(42)19-45-31(41)38-30(43)36-18-6-7-21(2)23-10-12-24(13-11-23)29-37-20-40(39-29)25-14-16-26(17-15-25)44-32(33,34)35/h4-5,8-17,20-21H,3,6-7,18-19H2,1-2H3,(H,36,43)/b38-31-. The van der Waals surface area contributed by atoms with Crippen molar-refractivity contribution in [2.45, 2.75) is 45.4 Å². The number of para-hydroxylation sites is 1. The fraction of sp³-hybridized carbons (Fsp3) is 0.281. The molecule has 1 N–H and O–H groups in total. The molecule has 1 aliphatic heterocycles. The molecule has 4 aromatic rings. The van der Waals surface area contributed by atoms with Gasteiger partial charge in [0.2, 0.25) is 5.91 Å². The Morgan fingerprint density at radius 2 is 1.82 bits per heavy atom. The lowest BCUT2D eigenvalue weighted by Gasteiger charge is -2.19. The van der Waals surface area contributed by atoms with Gasteiger partial charge in [0.1, 0.15) is 12.1 Å². The van der Waals surface area contributed by atoms with E-state index in [2.05, 4.69) is 32.1 Å². The van der Waals surface area contributed by atoms with Gasteiger partial charge >= 0.3 is 12.4 Å². The van der Waals surface area contributed by atoms with Crippen molar-refractivity contribution in [3.63, 3.8) is 0 Å². The highest BCUT2D eigenvalue weighted by atomic mass is 32.2. The van der Waals surface area contributed by atoms with Crippen LogP contribution >= 0.6 is 11.8 Å². The summed E-state index contributed by atoms with van der Waals surface area (Å²) in [5.41, 5.74) is 4.24. The molecule has 3 amide bonds. The number of rotatable bonds is 10. The maximum Gasteiger partial charge on any atom is 0.573 e. The fourth-order valence-electron chi connectivity index (χ4n) is 4.89. The van der Waals surface area contributed by atoms with Crippen molar-refractivity contribution in [1.82, 2.24) is 20.1 Å². The summed E-state index contributed by atoms with van der Waals surface area (Å²) in [6, 6.07) is 20.4. The van der Waals surface area contributed by atoms with Gasteiger partial charge in [0.25, 0.3) is 0 Å². The Morgan fingerprint density at radius 1 is 1.09 bits per heavy atom. The zero-order valence-corrected chi connectivity index (χ0v) is 25.4. The van der Waals surface area contributed by atoms with Crippen LogP contribution < -0.4 is 15.0 Å². The molecular formula is C32H31F3N6O3S. The summed E-state index contributed by atoms with van der Waals surface area (Å²) >= 11 is 1.26. The van der Waals surface area contributed by atoms with E-state index in [9.17, 15) is 22.8 Å². The molecule has 1 unspecified atom stereocenters. The number of anilines is 1. The molecule has 1 saturated heterocycles. The van der Waals surface area contributed by atoms with Crippen LogP contribution in [0.4, 0.5) is 23.7 Å². The molecule has 5 rings (SSSR count). The van der Waals surface area contributed by atoms with E-state index < -0.39 is 12.4 Å². The Kier molecular flexibility index (Phi) is 9.87. The Bertz CT molecular complexity index is 1670. The summed E-state index contributed by atoms with van der Waals surface area (Å²) in [4.78, 5) is 35.2. The SMILES string of the molecule is CCc1ccccc1N1C(=O)CS/C1=N\C(=O)NCCCC(C)c1ccc(-c2ncn(-c3ccc(OC(F)(F)F)cc3)n2)cc1. The van der Waals surface area contributed by atoms with Crippen molar-refractivity contribution in [1.29, 1.82) is 0 Å². The largest absolute Gasteiger partial charge is 0.573 e. The van der Waals surface area contributed by atoms with Gasteiger partial charge in [-0.2, -0.15) is 4.99 Å². The van der Waals surface area contributed by atoms with Crippen molar-refractivity contribution in [2.24, 2.45) is 4.99 Å². The number of ether oxygens (including phenoxy) is 1. The third-order valence-electron chi connectivity index (χ3n) is 7.23. The summed E-state index contributed by atoms with van der Waals surface area (Å²) in [5, 5.41) is 7.67. The summed E-state index contributed by atoms with van der Waals surface area (Å²) in [7, 11) is 0. The molecule has 1 aliphatic rings. The summed E-state index contributed by atoms with van der Waals surface area (Å²) in [6.45, 7) is 4.58. The lowest BCUT2D eigenvalue weighted by Crippen LogP contribution is -2.32. The molecule has 2 heterocycles. The van der Waals surface area contributed by atoms with Crippen LogP contribution in [0.1, 0.15) is 43.7 Å². The monoisotopic (exact) mass is 636 g/mol. The zero-order chi connectivity index (χ0) is 32.0. The number of aromatic nitrogens is 3. The molecule has 0 aliphatic carbocycles. The predicted octanol–water partition coefficient (Wildman–Crippen LogP) is 7.12. The minimum absolute atomic E-state index is 0.0930. The number of hydrogen-bond acceptors (Lipinski definition) is 6. The first-order valence-corrected chi connectivity index (χ1v) is 15.4. The second-order valence-corrected chi connectivity index (χ2v) is 11.3. The van der Waals surface area contributed by atoms with Gasteiger partial charge in [-0.1, -0.05) is 68.1 Å². The third kappa shape index (κ3) is 8.09. The van der Waals surface area contributed by atoms with Crippen molar-refractivity contribution in [3.05, 3.63) is 90.3 Å². The highest BCUT2D eigenvalue weighted by Gasteiger charge is 2.32. The molecule has 0 spiro atoms. The molecule has 0 radical (unpaired) electrons. The molecule has 3 aromatic carbocycles. The van der Waals surface area contributed by atoms with Crippen molar-refractivity contribution < 1.29 is 27.5 Å². The number of amides is 3. The van der Waals surface area contributed by atoms with Gasteiger partial charge in [-0.3, -0.25) is 9.69 Å². The highest BCUT2D eigenvalue weighted by Crippen LogP contribution is 2.30. The van der Waals surface area contributed by atoms with Crippen LogP contribution in [0.5, 0.6) is 5.75 Å². The Morgan fingerprint density at radius 3 is 2.53 bits per heavy atom. The van der Waals surface area contributed by atoms with E-state index in [4.69, 9.17) is 0 Å². The van der Waals surface area contributed by atoms with Crippen molar-refractivity contribution in [2.75, 3.05) is 17.2 Å². The van der Waals surface area contributed by atoms with E-state index in [0.29, 0.717) is 23.2 Å². The molecule has 9 nitrogen and oxygen atoms in total. The van der Waals surface area contributed by atoms with Crippen LogP contribution in [0.3, 0.4) is 0 Å². The Balaban J connectivity index is 1.11. The van der Waals surface area contributed by atoms with Gasteiger partial charge < -0.3 is 10.1 Å². The van der Waals surface area contributed by atoms with Crippen LogP contribution in [0, 0.1) is 0 Å². The number of aliphatic imine (C=N–C) groups is 1. The fourth-order valence-corrected chi connectivity index (χ4v) is 5.75. The third-order valence-corrected chi connectivity index (χ3v) is 8.15. The van der Waals surface area contributed by atoms with Gasteiger partial charge in [0.15, 0.2) is 11.0 Å². The zero-order valence-electron chi connectivity index (χ0n) is 24.6. The molecule has 0 bridgehead atoms. The molecule has 234 valence electrons. The van der Waals surface area contributed by atoms with E-state index in [1.807, 2.05) is 55.5 Å².